The summed E-state index contributed by atoms with van der Waals surface area (Å²) in [5.74, 6) is 0.0976. The minimum atomic E-state index is -3.31. The summed E-state index contributed by atoms with van der Waals surface area (Å²) in [6.07, 6.45) is 3.85. The molecule has 0 aliphatic carbocycles. The van der Waals surface area contributed by atoms with Crippen LogP contribution in [0.1, 0.15) is 32.6 Å². The predicted octanol–water partition coefficient (Wildman–Crippen LogP) is 1.13. The Kier molecular flexibility index (Phi) is 8.42. The number of Topliss-reactive ketones (excluding diaryl/α,β-unsaturated/α-hetero) is 1. The van der Waals surface area contributed by atoms with Crippen molar-refractivity contribution < 1.29 is 22.1 Å². The molecule has 0 aliphatic rings. The molecule has 0 bridgehead atoms. The lowest BCUT2D eigenvalue weighted by molar-refractivity contribution is -0.123. The third kappa shape index (κ3) is 11.6. The van der Waals surface area contributed by atoms with Crippen molar-refractivity contribution in [2.45, 2.75) is 32.6 Å². The molecule has 0 unspecified atom stereocenters. The average molecular weight is 252 g/mol. The van der Waals surface area contributed by atoms with E-state index in [1.807, 2.05) is 0 Å². The van der Waals surface area contributed by atoms with Gasteiger partial charge in [0.05, 0.1) is 12.9 Å². The van der Waals surface area contributed by atoms with E-state index in [0.717, 1.165) is 19.1 Å². The Hall–Kier alpha value is -0.460. The second-order valence-corrected chi connectivity index (χ2v) is 5.18. The van der Waals surface area contributed by atoms with Crippen LogP contribution in [-0.4, -0.2) is 40.3 Å². The summed E-state index contributed by atoms with van der Waals surface area (Å²) in [5.41, 5.74) is 0. The monoisotopic (exact) mass is 252 g/mol. The number of carbonyl (C=O) groups excluding carboxylic acids is 1. The van der Waals surface area contributed by atoms with Crippen molar-refractivity contribution in [1.82, 2.24) is 0 Å². The first-order chi connectivity index (χ1) is 7.45. The zero-order chi connectivity index (χ0) is 12.4. The third-order valence-corrected chi connectivity index (χ3v) is 2.48. The van der Waals surface area contributed by atoms with E-state index in [9.17, 15) is 13.2 Å². The maximum absolute atomic E-state index is 10.8. The van der Waals surface area contributed by atoms with Gasteiger partial charge in [-0.2, -0.15) is 8.42 Å². The maximum Gasteiger partial charge on any atom is 0.264 e. The smallest absolute Gasteiger partial charge is 0.264 e. The quantitative estimate of drug-likeness (QED) is 0.430. The van der Waals surface area contributed by atoms with Gasteiger partial charge in [0.1, 0.15) is 6.61 Å². The fourth-order valence-electron chi connectivity index (χ4n) is 0.981. The highest BCUT2D eigenvalue weighted by Gasteiger charge is 2.01. The van der Waals surface area contributed by atoms with E-state index in [-0.39, 0.29) is 19.0 Å². The second kappa shape index (κ2) is 8.66. The van der Waals surface area contributed by atoms with Crippen LogP contribution in [-0.2, 0) is 23.8 Å². The highest BCUT2D eigenvalue weighted by atomic mass is 32.2. The van der Waals surface area contributed by atoms with Gasteiger partial charge < -0.3 is 4.74 Å². The fourth-order valence-corrected chi connectivity index (χ4v) is 1.40. The second-order valence-electron chi connectivity index (χ2n) is 3.53. The standard InChI is InChI=1S/C10H20O5S/c1-3-10(11)9-14-7-5-4-6-8-15-16(2,12)13/h3-9H2,1-2H3. The molecule has 6 heteroatoms. The van der Waals surface area contributed by atoms with E-state index >= 15 is 0 Å². The molecule has 5 nitrogen and oxygen atoms in total. The molecule has 0 radical (unpaired) electrons. The number of ether oxygens (including phenoxy) is 1. The lowest BCUT2D eigenvalue weighted by atomic mass is 10.2. The van der Waals surface area contributed by atoms with Crippen molar-refractivity contribution in [3.05, 3.63) is 0 Å². The number of carbonyl (C=O) groups is 1. The molecule has 0 rings (SSSR count). The molecule has 0 aliphatic heterocycles. The maximum atomic E-state index is 10.8. The zero-order valence-electron chi connectivity index (χ0n) is 9.90. The Balaban J connectivity index is 3.19. The largest absolute Gasteiger partial charge is 0.374 e. The van der Waals surface area contributed by atoms with E-state index < -0.39 is 10.1 Å². The van der Waals surface area contributed by atoms with Gasteiger partial charge in [0, 0.05) is 13.0 Å². The summed E-state index contributed by atoms with van der Waals surface area (Å²) in [6, 6.07) is 0. The summed E-state index contributed by atoms with van der Waals surface area (Å²) >= 11 is 0. The van der Waals surface area contributed by atoms with Crippen LogP contribution < -0.4 is 0 Å². The number of rotatable bonds is 10. The first kappa shape index (κ1) is 15.5. The molecule has 0 aromatic rings. The van der Waals surface area contributed by atoms with E-state index in [2.05, 4.69) is 4.18 Å². The molecule has 16 heavy (non-hydrogen) atoms. The Morgan fingerprint density at radius 2 is 1.75 bits per heavy atom. The Bertz CT molecular complexity index is 284. The van der Waals surface area contributed by atoms with E-state index in [1.54, 1.807) is 6.92 Å². The molecule has 0 saturated heterocycles. The molecule has 0 heterocycles. The van der Waals surface area contributed by atoms with E-state index in [0.29, 0.717) is 19.4 Å². The van der Waals surface area contributed by atoms with Gasteiger partial charge in [-0.15, -0.1) is 0 Å². The lowest BCUT2D eigenvalue weighted by Crippen LogP contribution is -2.08. The zero-order valence-corrected chi connectivity index (χ0v) is 10.7. The summed E-state index contributed by atoms with van der Waals surface area (Å²) in [7, 11) is -3.31. The van der Waals surface area contributed by atoms with Gasteiger partial charge in [0.2, 0.25) is 0 Å². The van der Waals surface area contributed by atoms with Gasteiger partial charge in [-0.3, -0.25) is 8.98 Å². The molecule has 0 atom stereocenters. The average Bonchev–Trinajstić information content (AvgIpc) is 2.20. The van der Waals surface area contributed by atoms with E-state index in [4.69, 9.17) is 4.74 Å². The van der Waals surface area contributed by atoms with Crippen molar-refractivity contribution in [3.63, 3.8) is 0 Å². The highest BCUT2D eigenvalue weighted by molar-refractivity contribution is 7.85. The minimum absolute atomic E-state index is 0.0976. The number of unbranched alkanes of at least 4 members (excludes halogenated alkanes) is 2. The van der Waals surface area contributed by atoms with Crippen LogP contribution >= 0.6 is 0 Å². The summed E-state index contributed by atoms with van der Waals surface area (Å²) < 4.78 is 30.9. The van der Waals surface area contributed by atoms with Gasteiger partial charge in [-0.05, 0) is 19.3 Å². The van der Waals surface area contributed by atoms with Crippen molar-refractivity contribution in [1.29, 1.82) is 0 Å². The summed E-state index contributed by atoms with van der Waals surface area (Å²) in [6.45, 7) is 2.72. The highest BCUT2D eigenvalue weighted by Crippen LogP contribution is 1.98. The first-order valence-corrected chi connectivity index (χ1v) is 7.21. The van der Waals surface area contributed by atoms with Gasteiger partial charge in [-0.25, -0.2) is 0 Å². The van der Waals surface area contributed by atoms with Gasteiger partial charge >= 0.3 is 0 Å². The fraction of sp³-hybridized carbons (Fsp3) is 0.900. The Morgan fingerprint density at radius 1 is 1.12 bits per heavy atom. The topological polar surface area (TPSA) is 69.7 Å². The first-order valence-electron chi connectivity index (χ1n) is 5.39. The molecule has 0 aromatic heterocycles. The number of hydrogen-bond donors (Lipinski definition) is 0. The number of hydrogen-bond acceptors (Lipinski definition) is 5. The SMILES string of the molecule is CCC(=O)COCCCCCOS(C)(=O)=O. The van der Waals surface area contributed by atoms with Gasteiger partial charge in [0.25, 0.3) is 10.1 Å². The molecule has 96 valence electrons. The van der Waals surface area contributed by atoms with Crippen molar-refractivity contribution in [2.24, 2.45) is 0 Å². The molecular formula is C10H20O5S. The van der Waals surface area contributed by atoms with Crippen LogP contribution in [0.3, 0.4) is 0 Å². The summed E-state index contributed by atoms with van der Waals surface area (Å²) in [5, 5.41) is 0. The van der Waals surface area contributed by atoms with Crippen molar-refractivity contribution >= 4 is 15.9 Å². The summed E-state index contributed by atoms with van der Waals surface area (Å²) in [4.78, 5) is 10.8. The molecular weight excluding hydrogens is 232 g/mol. The molecule has 0 saturated carbocycles. The van der Waals surface area contributed by atoms with Crippen LogP contribution in [0.4, 0.5) is 0 Å². The van der Waals surface area contributed by atoms with Crippen molar-refractivity contribution in [2.75, 3.05) is 26.1 Å². The predicted molar refractivity (Wildman–Crippen MR) is 60.8 cm³/mol. The molecule has 0 fully saturated rings. The molecule has 0 spiro atoms. The van der Waals surface area contributed by atoms with Crippen LogP contribution in [0.5, 0.6) is 0 Å². The molecule has 0 aromatic carbocycles. The van der Waals surface area contributed by atoms with Gasteiger partial charge in [0.15, 0.2) is 5.78 Å². The third-order valence-electron chi connectivity index (χ3n) is 1.89. The van der Waals surface area contributed by atoms with Crippen LogP contribution in [0.2, 0.25) is 0 Å². The van der Waals surface area contributed by atoms with Crippen LogP contribution in [0.25, 0.3) is 0 Å². The van der Waals surface area contributed by atoms with Gasteiger partial charge in [-0.1, -0.05) is 6.92 Å². The van der Waals surface area contributed by atoms with Crippen LogP contribution in [0.15, 0.2) is 0 Å². The number of ketones is 1. The normalized spacial score (nSPS) is 11.6. The van der Waals surface area contributed by atoms with Crippen LogP contribution in [0, 0.1) is 0 Å². The lowest BCUT2D eigenvalue weighted by Gasteiger charge is -2.03. The van der Waals surface area contributed by atoms with Crippen molar-refractivity contribution in [3.8, 4) is 0 Å². The molecule has 0 amide bonds. The minimum Gasteiger partial charge on any atom is -0.374 e. The van der Waals surface area contributed by atoms with E-state index in [1.165, 1.54) is 0 Å². The molecule has 0 N–H and O–H groups in total. The Morgan fingerprint density at radius 3 is 2.31 bits per heavy atom. The Labute approximate surface area is 97.2 Å².